The molecular formula is C25H25F2IN4O4. The number of rotatable bonds is 6. The van der Waals surface area contributed by atoms with Gasteiger partial charge in [-0.25, -0.2) is 18.7 Å². The zero-order valence-corrected chi connectivity index (χ0v) is 21.2. The van der Waals surface area contributed by atoms with Gasteiger partial charge in [-0.3, -0.25) is 4.79 Å². The summed E-state index contributed by atoms with van der Waals surface area (Å²) >= 11 is 1.92. The predicted molar refractivity (Wildman–Crippen MR) is 137 cm³/mol. The van der Waals surface area contributed by atoms with Gasteiger partial charge in [-0.1, -0.05) is 6.07 Å². The Hall–Kier alpha value is -2.74. The number of carbonyl (C=O) groups is 1. The summed E-state index contributed by atoms with van der Waals surface area (Å²) in [6.45, 7) is -0.503. The van der Waals surface area contributed by atoms with Crippen molar-refractivity contribution in [1.82, 2.24) is 15.3 Å². The average molecular weight is 610 g/mol. The van der Waals surface area contributed by atoms with E-state index in [1.807, 2.05) is 22.6 Å². The van der Waals surface area contributed by atoms with Crippen LogP contribution in [0.3, 0.4) is 0 Å². The highest BCUT2D eigenvalue weighted by molar-refractivity contribution is 14.1. The summed E-state index contributed by atoms with van der Waals surface area (Å²) in [5.41, 5.74) is 7.20. The molecule has 8 nitrogen and oxygen atoms in total. The lowest BCUT2D eigenvalue weighted by Gasteiger charge is -2.29. The number of nitrogens with one attached hydrogen (secondary N) is 1. The first-order valence-corrected chi connectivity index (χ1v) is 12.4. The van der Waals surface area contributed by atoms with Crippen LogP contribution in [0.25, 0.3) is 11.3 Å². The van der Waals surface area contributed by atoms with Crippen LogP contribution in [0, 0.1) is 15.2 Å². The van der Waals surface area contributed by atoms with E-state index in [4.69, 9.17) is 5.73 Å². The van der Waals surface area contributed by atoms with E-state index in [1.54, 1.807) is 6.07 Å². The number of nitrogen functional groups attached to an aromatic ring is 1. The van der Waals surface area contributed by atoms with Gasteiger partial charge in [-0.2, -0.15) is 0 Å². The Bertz CT molecular complexity index is 1260. The van der Waals surface area contributed by atoms with Gasteiger partial charge >= 0.3 is 0 Å². The van der Waals surface area contributed by atoms with Gasteiger partial charge in [0.05, 0.1) is 42.3 Å². The summed E-state index contributed by atoms with van der Waals surface area (Å²) in [5.74, 6) is -2.18. The van der Waals surface area contributed by atoms with Crippen LogP contribution < -0.4 is 11.1 Å². The molecule has 1 aromatic heterocycles. The van der Waals surface area contributed by atoms with Gasteiger partial charge in [-0.15, -0.1) is 0 Å². The van der Waals surface area contributed by atoms with Gasteiger partial charge in [0.1, 0.15) is 23.1 Å². The summed E-state index contributed by atoms with van der Waals surface area (Å²) in [7, 11) is 0. The number of anilines is 1. The Balaban J connectivity index is 1.56. The fourth-order valence-corrected chi connectivity index (χ4v) is 4.97. The van der Waals surface area contributed by atoms with Gasteiger partial charge < -0.3 is 26.4 Å². The average Bonchev–Trinajstić information content (AvgIpc) is 2.83. The smallest absolute Gasteiger partial charge is 0.254 e. The number of benzene rings is 2. The number of aliphatic hydroxyl groups is 3. The first-order chi connectivity index (χ1) is 17.2. The Morgan fingerprint density at radius 3 is 2.61 bits per heavy atom. The molecule has 0 saturated heterocycles. The van der Waals surface area contributed by atoms with Crippen molar-refractivity contribution >= 4 is 34.3 Å². The molecule has 1 aliphatic carbocycles. The topological polar surface area (TPSA) is 142 Å². The highest BCUT2D eigenvalue weighted by Gasteiger charge is 2.30. The van der Waals surface area contributed by atoms with Crippen molar-refractivity contribution in [2.24, 2.45) is 0 Å². The Morgan fingerprint density at radius 2 is 1.94 bits per heavy atom. The van der Waals surface area contributed by atoms with Gasteiger partial charge in [0.25, 0.3) is 5.91 Å². The minimum Gasteiger partial charge on any atom is -0.394 e. The highest BCUT2D eigenvalue weighted by Crippen LogP contribution is 2.34. The minimum absolute atomic E-state index is 0.0767. The van der Waals surface area contributed by atoms with Crippen molar-refractivity contribution in [2.75, 3.05) is 12.3 Å². The fourth-order valence-electron chi connectivity index (χ4n) is 4.31. The summed E-state index contributed by atoms with van der Waals surface area (Å²) in [6, 6.07) is 7.08. The Kier molecular flexibility index (Phi) is 8.13. The normalized spacial score (nSPS) is 20.7. The molecule has 36 heavy (non-hydrogen) atoms. The largest absolute Gasteiger partial charge is 0.394 e. The van der Waals surface area contributed by atoms with Crippen molar-refractivity contribution in [2.45, 2.75) is 43.4 Å². The lowest BCUT2D eigenvalue weighted by molar-refractivity contribution is -0.0153. The number of carbonyl (C=O) groups excluding carboxylic acids is 1. The molecular weight excluding hydrogens is 585 g/mol. The van der Waals surface area contributed by atoms with Crippen molar-refractivity contribution in [3.05, 3.63) is 74.6 Å². The van der Waals surface area contributed by atoms with Gasteiger partial charge in [0, 0.05) is 15.1 Å². The predicted octanol–water partition coefficient (Wildman–Crippen LogP) is 3.06. The summed E-state index contributed by atoms with van der Waals surface area (Å²) in [4.78, 5) is 21.5. The fraction of sp³-hybridized carbons (Fsp3) is 0.320. The maximum atomic E-state index is 15.0. The number of amides is 1. The van der Waals surface area contributed by atoms with Crippen molar-refractivity contribution in [1.29, 1.82) is 0 Å². The standard InChI is InChI=1S/C25H25F2IN4O4/c26-15-5-14(6-16(28)9-15)20(11-33)32-25(36)17-3-1-13(7-18(17)27)23-24(29)30-10-19(31-23)12-2-4-21(34)22(35)8-12/h1,3,5-7,9-10,12,20-22,33-35H,2,4,8,11H2,(H2,29,30)(H,32,36)/t12-,20?,21+,22-/m0/s1. The van der Waals surface area contributed by atoms with E-state index < -0.39 is 42.4 Å². The van der Waals surface area contributed by atoms with Crippen LogP contribution in [0.1, 0.15) is 52.8 Å². The van der Waals surface area contributed by atoms with E-state index in [-0.39, 0.29) is 23.0 Å². The number of nitrogens with zero attached hydrogens (tertiary/aromatic N) is 2. The second kappa shape index (κ2) is 11.1. The maximum Gasteiger partial charge on any atom is 0.254 e. The van der Waals surface area contributed by atoms with Crippen LogP contribution in [0.5, 0.6) is 0 Å². The van der Waals surface area contributed by atoms with Crippen LogP contribution in [-0.2, 0) is 0 Å². The molecule has 6 N–H and O–H groups in total. The first-order valence-electron chi connectivity index (χ1n) is 11.3. The number of halogens is 3. The summed E-state index contributed by atoms with van der Waals surface area (Å²) < 4.78 is 29.4. The van der Waals surface area contributed by atoms with Crippen LogP contribution in [0.4, 0.5) is 14.6 Å². The first kappa shape index (κ1) is 26.3. The molecule has 190 valence electrons. The molecule has 1 fully saturated rings. The molecule has 0 bridgehead atoms. The molecule has 11 heteroatoms. The van der Waals surface area contributed by atoms with E-state index in [2.05, 4.69) is 15.3 Å². The zero-order valence-electron chi connectivity index (χ0n) is 19.0. The van der Waals surface area contributed by atoms with E-state index >= 15 is 4.39 Å². The molecule has 4 rings (SSSR count). The lowest BCUT2D eigenvalue weighted by Crippen LogP contribution is -2.33. The van der Waals surface area contributed by atoms with E-state index in [0.29, 0.717) is 39.7 Å². The third-order valence-electron chi connectivity index (χ3n) is 6.28. The quantitative estimate of drug-likeness (QED) is 0.270. The molecule has 1 amide bonds. The van der Waals surface area contributed by atoms with Crippen LogP contribution >= 0.6 is 22.6 Å². The minimum atomic E-state index is -0.927. The van der Waals surface area contributed by atoms with Gasteiger partial charge in [0.15, 0.2) is 0 Å². The van der Waals surface area contributed by atoms with Gasteiger partial charge in [-0.05, 0) is 77.7 Å². The van der Waals surface area contributed by atoms with Crippen molar-refractivity contribution in [3.63, 3.8) is 0 Å². The van der Waals surface area contributed by atoms with Gasteiger partial charge in [0.2, 0.25) is 0 Å². The molecule has 4 atom stereocenters. The molecule has 1 aliphatic rings. The molecule has 2 aromatic carbocycles. The third-order valence-corrected chi connectivity index (χ3v) is 6.90. The summed E-state index contributed by atoms with van der Waals surface area (Å²) in [6.07, 6.45) is 1.23. The number of aromatic nitrogens is 2. The lowest BCUT2D eigenvalue weighted by atomic mass is 9.83. The Morgan fingerprint density at radius 1 is 1.17 bits per heavy atom. The molecule has 0 aliphatic heterocycles. The van der Waals surface area contributed by atoms with Crippen LogP contribution in [0.2, 0.25) is 0 Å². The van der Waals surface area contributed by atoms with Crippen molar-refractivity contribution < 1.29 is 28.9 Å². The monoisotopic (exact) mass is 610 g/mol. The molecule has 1 unspecified atom stereocenters. The van der Waals surface area contributed by atoms with E-state index in [1.165, 1.54) is 30.5 Å². The Labute approximate surface area is 219 Å². The number of nitrogens with two attached hydrogens (primary N) is 1. The number of hydrogen-bond acceptors (Lipinski definition) is 7. The zero-order chi connectivity index (χ0) is 26.0. The van der Waals surface area contributed by atoms with Crippen LogP contribution in [-0.4, -0.2) is 50.0 Å². The summed E-state index contributed by atoms with van der Waals surface area (Å²) in [5, 5.41) is 32.0. The van der Waals surface area contributed by atoms with Crippen molar-refractivity contribution in [3.8, 4) is 11.3 Å². The molecule has 0 spiro atoms. The third kappa shape index (κ3) is 5.80. The number of hydrogen-bond donors (Lipinski definition) is 5. The molecule has 1 heterocycles. The number of aliphatic hydroxyl groups excluding tert-OH is 3. The second-order valence-electron chi connectivity index (χ2n) is 8.78. The van der Waals surface area contributed by atoms with Crippen LogP contribution in [0.15, 0.2) is 42.6 Å². The SMILES string of the molecule is Nc1ncc([C@H]2CC[C@@H](O)[C@@H](O)C2)nc1-c1ccc(C(=O)NC(CO)c2cc(F)cc(I)c2)c(F)c1. The molecule has 3 aromatic rings. The highest BCUT2D eigenvalue weighted by atomic mass is 127. The maximum absolute atomic E-state index is 15.0. The molecule has 1 saturated carbocycles. The van der Waals surface area contributed by atoms with E-state index in [9.17, 15) is 24.5 Å². The van der Waals surface area contributed by atoms with E-state index in [0.717, 1.165) is 6.07 Å². The molecule has 0 radical (unpaired) electrons. The second-order valence-corrected chi connectivity index (χ2v) is 10.0.